The van der Waals surface area contributed by atoms with Gasteiger partial charge in [0, 0.05) is 9.80 Å². The van der Waals surface area contributed by atoms with E-state index in [1.165, 1.54) is 0 Å². The SMILES string of the molecule is COc1ccc(CBr)cc1OCc1cccc(Br)c1. The highest BCUT2D eigenvalue weighted by Crippen LogP contribution is 2.29. The first-order chi connectivity index (χ1) is 9.22. The number of hydrogen-bond donors (Lipinski definition) is 0. The first-order valence-corrected chi connectivity index (χ1v) is 7.74. The number of alkyl halides is 1. The van der Waals surface area contributed by atoms with Crippen molar-refractivity contribution in [2.24, 2.45) is 0 Å². The van der Waals surface area contributed by atoms with Gasteiger partial charge in [-0.1, -0.05) is 50.1 Å². The highest BCUT2D eigenvalue weighted by molar-refractivity contribution is 9.10. The molecule has 0 N–H and O–H groups in total. The standard InChI is InChI=1S/C15H14Br2O2/c1-18-14-6-5-11(9-16)8-15(14)19-10-12-3-2-4-13(17)7-12/h2-8H,9-10H2,1H3. The third-order valence-corrected chi connectivity index (χ3v) is 3.81. The van der Waals surface area contributed by atoms with Gasteiger partial charge in [0.25, 0.3) is 0 Å². The first-order valence-electron chi connectivity index (χ1n) is 5.83. The molecule has 0 atom stereocenters. The minimum absolute atomic E-state index is 0.515. The van der Waals surface area contributed by atoms with Crippen LogP contribution in [0.15, 0.2) is 46.9 Å². The van der Waals surface area contributed by atoms with E-state index < -0.39 is 0 Å². The highest BCUT2D eigenvalue weighted by Gasteiger charge is 2.06. The van der Waals surface area contributed by atoms with E-state index in [0.717, 1.165) is 32.4 Å². The molecular formula is C15H14Br2O2. The van der Waals surface area contributed by atoms with E-state index >= 15 is 0 Å². The van der Waals surface area contributed by atoms with Gasteiger partial charge in [0.2, 0.25) is 0 Å². The lowest BCUT2D eigenvalue weighted by Crippen LogP contribution is -1.98. The Labute approximate surface area is 130 Å². The Balaban J connectivity index is 2.14. The van der Waals surface area contributed by atoms with Gasteiger partial charge in [-0.2, -0.15) is 0 Å². The number of hydrogen-bond acceptors (Lipinski definition) is 2. The number of halogens is 2. The summed E-state index contributed by atoms with van der Waals surface area (Å²) in [6.07, 6.45) is 0. The fraction of sp³-hybridized carbons (Fsp3) is 0.200. The van der Waals surface area contributed by atoms with Crippen LogP contribution in [-0.4, -0.2) is 7.11 Å². The van der Waals surface area contributed by atoms with Crippen molar-refractivity contribution in [1.29, 1.82) is 0 Å². The van der Waals surface area contributed by atoms with Crippen molar-refractivity contribution in [2.45, 2.75) is 11.9 Å². The molecule has 0 aliphatic heterocycles. The predicted octanol–water partition coefficient (Wildman–Crippen LogP) is 4.93. The third-order valence-electron chi connectivity index (χ3n) is 2.67. The molecule has 2 rings (SSSR count). The molecule has 0 aromatic heterocycles. The van der Waals surface area contributed by atoms with E-state index in [4.69, 9.17) is 9.47 Å². The summed E-state index contributed by atoms with van der Waals surface area (Å²) in [5.41, 5.74) is 2.27. The van der Waals surface area contributed by atoms with Gasteiger partial charge in [0.05, 0.1) is 7.11 Å². The number of benzene rings is 2. The zero-order valence-corrected chi connectivity index (χ0v) is 13.7. The summed E-state index contributed by atoms with van der Waals surface area (Å²) >= 11 is 6.89. The molecule has 2 aromatic rings. The van der Waals surface area contributed by atoms with Gasteiger partial charge in [-0.15, -0.1) is 0 Å². The Kier molecular flexibility index (Phi) is 5.28. The number of rotatable bonds is 5. The molecule has 2 nitrogen and oxygen atoms in total. The van der Waals surface area contributed by atoms with Crippen LogP contribution in [0, 0.1) is 0 Å². The summed E-state index contributed by atoms with van der Waals surface area (Å²) < 4.78 is 12.2. The van der Waals surface area contributed by atoms with Crippen LogP contribution in [0.4, 0.5) is 0 Å². The smallest absolute Gasteiger partial charge is 0.161 e. The lowest BCUT2D eigenvalue weighted by molar-refractivity contribution is 0.284. The van der Waals surface area contributed by atoms with Crippen LogP contribution in [0.5, 0.6) is 11.5 Å². The van der Waals surface area contributed by atoms with Crippen LogP contribution in [0.1, 0.15) is 11.1 Å². The van der Waals surface area contributed by atoms with Crippen LogP contribution in [0.3, 0.4) is 0 Å². The molecule has 0 amide bonds. The lowest BCUT2D eigenvalue weighted by atomic mass is 10.2. The van der Waals surface area contributed by atoms with E-state index in [-0.39, 0.29) is 0 Å². The van der Waals surface area contributed by atoms with Gasteiger partial charge >= 0.3 is 0 Å². The maximum Gasteiger partial charge on any atom is 0.161 e. The van der Waals surface area contributed by atoms with E-state index in [0.29, 0.717) is 6.61 Å². The molecule has 0 radical (unpaired) electrons. The summed E-state index contributed by atoms with van der Waals surface area (Å²) in [5.74, 6) is 1.51. The summed E-state index contributed by atoms with van der Waals surface area (Å²) in [4.78, 5) is 0. The molecule has 19 heavy (non-hydrogen) atoms. The second kappa shape index (κ2) is 6.96. The Bertz CT molecular complexity index is 556. The molecule has 0 fully saturated rings. The Hall–Kier alpha value is -1.00. The Morgan fingerprint density at radius 2 is 1.84 bits per heavy atom. The topological polar surface area (TPSA) is 18.5 Å². The van der Waals surface area contributed by atoms with Crippen molar-refractivity contribution in [3.05, 3.63) is 58.1 Å². The van der Waals surface area contributed by atoms with Gasteiger partial charge < -0.3 is 9.47 Å². The van der Waals surface area contributed by atoms with Gasteiger partial charge in [-0.3, -0.25) is 0 Å². The van der Waals surface area contributed by atoms with Crippen LogP contribution in [0.25, 0.3) is 0 Å². The van der Waals surface area contributed by atoms with Gasteiger partial charge in [-0.05, 0) is 35.4 Å². The van der Waals surface area contributed by atoms with Crippen molar-refractivity contribution in [2.75, 3.05) is 7.11 Å². The maximum absolute atomic E-state index is 5.84. The minimum Gasteiger partial charge on any atom is -0.493 e. The molecule has 0 saturated heterocycles. The monoisotopic (exact) mass is 384 g/mol. The molecule has 0 spiro atoms. The van der Waals surface area contributed by atoms with Crippen LogP contribution < -0.4 is 9.47 Å². The van der Waals surface area contributed by atoms with Crippen molar-refractivity contribution < 1.29 is 9.47 Å². The average molecular weight is 386 g/mol. The minimum atomic E-state index is 0.515. The van der Waals surface area contributed by atoms with Gasteiger partial charge in [0.1, 0.15) is 6.61 Å². The molecule has 0 aliphatic carbocycles. The molecule has 4 heteroatoms. The third kappa shape index (κ3) is 3.98. The van der Waals surface area contributed by atoms with Gasteiger partial charge in [-0.25, -0.2) is 0 Å². The van der Waals surface area contributed by atoms with E-state index in [1.54, 1.807) is 7.11 Å². The molecule has 100 valence electrons. The first kappa shape index (κ1) is 14.4. The number of ether oxygens (including phenoxy) is 2. The molecule has 0 bridgehead atoms. The largest absolute Gasteiger partial charge is 0.493 e. The zero-order chi connectivity index (χ0) is 13.7. The quantitative estimate of drug-likeness (QED) is 0.679. The summed E-state index contributed by atoms with van der Waals surface area (Å²) in [7, 11) is 1.65. The van der Waals surface area contributed by atoms with Crippen molar-refractivity contribution in [1.82, 2.24) is 0 Å². The number of methoxy groups -OCH3 is 1. The summed E-state index contributed by atoms with van der Waals surface area (Å²) in [6.45, 7) is 0.515. The van der Waals surface area contributed by atoms with E-state index in [9.17, 15) is 0 Å². The average Bonchev–Trinajstić information content (AvgIpc) is 2.45. The second-order valence-electron chi connectivity index (χ2n) is 4.04. The van der Waals surface area contributed by atoms with Crippen LogP contribution in [-0.2, 0) is 11.9 Å². The second-order valence-corrected chi connectivity index (χ2v) is 5.51. The highest BCUT2D eigenvalue weighted by atomic mass is 79.9. The van der Waals surface area contributed by atoms with E-state index in [2.05, 4.69) is 31.9 Å². The fourth-order valence-corrected chi connectivity index (χ4v) is 2.50. The zero-order valence-electron chi connectivity index (χ0n) is 10.5. The maximum atomic E-state index is 5.84. The lowest BCUT2D eigenvalue weighted by Gasteiger charge is -2.12. The van der Waals surface area contributed by atoms with Gasteiger partial charge in [0.15, 0.2) is 11.5 Å². The molecule has 0 saturated carbocycles. The molecule has 0 aliphatic rings. The Morgan fingerprint density at radius 3 is 2.53 bits per heavy atom. The Morgan fingerprint density at radius 1 is 1.00 bits per heavy atom. The fourth-order valence-electron chi connectivity index (χ4n) is 1.70. The van der Waals surface area contributed by atoms with Crippen molar-refractivity contribution >= 4 is 31.9 Å². The molecular weight excluding hydrogens is 372 g/mol. The van der Waals surface area contributed by atoms with Crippen LogP contribution >= 0.6 is 31.9 Å². The van der Waals surface area contributed by atoms with Crippen molar-refractivity contribution in [3.63, 3.8) is 0 Å². The molecule has 2 aromatic carbocycles. The van der Waals surface area contributed by atoms with E-state index in [1.807, 2.05) is 42.5 Å². The van der Waals surface area contributed by atoms with Crippen LogP contribution in [0.2, 0.25) is 0 Å². The predicted molar refractivity (Wildman–Crippen MR) is 84.1 cm³/mol. The van der Waals surface area contributed by atoms with Crippen molar-refractivity contribution in [3.8, 4) is 11.5 Å². The molecule has 0 unspecified atom stereocenters. The molecule has 0 heterocycles. The summed E-state index contributed by atoms with van der Waals surface area (Å²) in [5, 5.41) is 0.796. The summed E-state index contributed by atoms with van der Waals surface area (Å²) in [6, 6.07) is 14.0. The normalized spacial score (nSPS) is 10.3.